The molecule has 2 aromatic carbocycles. The van der Waals surface area contributed by atoms with E-state index in [-0.39, 0.29) is 5.78 Å². The van der Waals surface area contributed by atoms with Crippen LogP contribution in [0.5, 0.6) is 0 Å². The average Bonchev–Trinajstić information content (AvgIpc) is 3.13. The fourth-order valence-corrected chi connectivity index (χ4v) is 4.02. The first kappa shape index (κ1) is 18.6. The Hall–Kier alpha value is -2.18. The maximum atomic E-state index is 12.3. The Bertz CT molecular complexity index is 845. The number of Topliss-reactive ketones (excluding diaryl/α,β-unsaturated/α-hetero) is 1. The summed E-state index contributed by atoms with van der Waals surface area (Å²) in [6, 6.07) is 18.0. The number of carbonyl (C=O) groups excluding carboxylic acids is 1. The van der Waals surface area contributed by atoms with Crippen molar-refractivity contribution in [3.8, 4) is 0 Å². The molecular weight excluding hydrogens is 362 g/mol. The van der Waals surface area contributed by atoms with Crippen LogP contribution in [-0.4, -0.2) is 21.7 Å². The summed E-state index contributed by atoms with van der Waals surface area (Å²) in [5.41, 5.74) is 3.18. The molecule has 4 nitrogen and oxygen atoms in total. The third kappa shape index (κ3) is 5.16. The zero-order chi connectivity index (χ0) is 18.4. The molecule has 1 N–H and O–H groups in total. The number of thioether (sulfide) groups is 1. The maximum Gasteiger partial charge on any atom is 0.206 e. The summed E-state index contributed by atoms with van der Waals surface area (Å²) in [6.07, 6.45) is 0. The Labute approximate surface area is 162 Å². The first-order valence-electron chi connectivity index (χ1n) is 8.49. The van der Waals surface area contributed by atoms with Crippen molar-refractivity contribution in [1.29, 1.82) is 0 Å². The molecule has 134 valence electrons. The minimum Gasteiger partial charge on any atom is -0.356 e. The number of carbonyl (C=O) groups is 1. The second-order valence-electron chi connectivity index (χ2n) is 6.20. The molecule has 0 aliphatic carbocycles. The van der Waals surface area contributed by atoms with Gasteiger partial charge in [-0.1, -0.05) is 91.5 Å². The number of rotatable bonds is 8. The van der Waals surface area contributed by atoms with Gasteiger partial charge in [0.25, 0.3) is 0 Å². The Morgan fingerprint density at radius 3 is 2.50 bits per heavy atom. The SMILES string of the molecule is CC(C)c1ccc(C(=O)CSc2nnc(NCc3ccccc3)s2)cc1. The number of nitrogens with one attached hydrogen (secondary N) is 1. The van der Waals surface area contributed by atoms with Gasteiger partial charge in [0.2, 0.25) is 5.13 Å². The van der Waals surface area contributed by atoms with Gasteiger partial charge in [-0.15, -0.1) is 10.2 Å². The topological polar surface area (TPSA) is 54.9 Å². The van der Waals surface area contributed by atoms with Crippen LogP contribution in [0.2, 0.25) is 0 Å². The largest absolute Gasteiger partial charge is 0.356 e. The molecule has 6 heteroatoms. The van der Waals surface area contributed by atoms with Gasteiger partial charge < -0.3 is 5.32 Å². The molecule has 3 aromatic rings. The Kier molecular flexibility index (Phi) is 6.41. The van der Waals surface area contributed by atoms with Gasteiger partial charge >= 0.3 is 0 Å². The number of hydrogen-bond acceptors (Lipinski definition) is 6. The molecule has 0 spiro atoms. The summed E-state index contributed by atoms with van der Waals surface area (Å²) >= 11 is 2.90. The Morgan fingerprint density at radius 2 is 1.81 bits per heavy atom. The van der Waals surface area contributed by atoms with Gasteiger partial charge in [-0.25, -0.2) is 0 Å². The monoisotopic (exact) mass is 383 g/mol. The van der Waals surface area contributed by atoms with E-state index in [2.05, 4.69) is 41.5 Å². The lowest BCUT2D eigenvalue weighted by Crippen LogP contribution is -2.02. The molecule has 0 bridgehead atoms. The predicted molar refractivity (Wildman–Crippen MR) is 109 cm³/mol. The molecule has 0 amide bonds. The van der Waals surface area contributed by atoms with Crippen LogP contribution in [0.25, 0.3) is 0 Å². The molecule has 1 heterocycles. The molecule has 0 unspecified atom stereocenters. The highest BCUT2D eigenvalue weighted by molar-refractivity contribution is 8.01. The fourth-order valence-electron chi connectivity index (χ4n) is 2.38. The molecule has 0 aliphatic heterocycles. The van der Waals surface area contributed by atoms with Crippen molar-refractivity contribution >= 4 is 34.0 Å². The first-order chi connectivity index (χ1) is 12.6. The zero-order valence-corrected chi connectivity index (χ0v) is 16.4. The smallest absolute Gasteiger partial charge is 0.206 e. The van der Waals surface area contributed by atoms with E-state index in [4.69, 9.17) is 0 Å². The first-order valence-corrected chi connectivity index (χ1v) is 10.3. The van der Waals surface area contributed by atoms with Gasteiger partial charge in [0.1, 0.15) is 0 Å². The maximum absolute atomic E-state index is 12.3. The van der Waals surface area contributed by atoms with E-state index in [1.807, 2.05) is 42.5 Å². The summed E-state index contributed by atoms with van der Waals surface area (Å²) in [6.45, 7) is 5.00. The highest BCUT2D eigenvalue weighted by Crippen LogP contribution is 2.26. The average molecular weight is 384 g/mol. The van der Waals surface area contributed by atoms with E-state index >= 15 is 0 Å². The summed E-state index contributed by atoms with van der Waals surface area (Å²) < 4.78 is 0.799. The van der Waals surface area contributed by atoms with E-state index in [1.165, 1.54) is 34.2 Å². The lowest BCUT2D eigenvalue weighted by atomic mass is 10.0. The van der Waals surface area contributed by atoms with Crippen molar-refractivity contribution in [2.24, 2.45) is 0 Å². The van der Waals surface area contributed by atoms with Gasteiger partial charge in [-0.2, -0.15) is 0 Å². The van der Waals surface area contributed by atoms with Gasteiger partial charge in [0.15, 0.2) is 10.1 Å². The number of nitrogens with zero attached hydrogens (tertiary/aromatic N) is 2. The highest BCUT2D eigenvalue weighted by Gasteiger charge is 2.10. The minimum absolute atomic E-state index is 0.110. The molecule has 1 aromatic heterocycles. The molecule has 26 heavy (non-hydrogen) atoms. The van der Waals surface area contributed by atoms with Crippen LogP contribution in [0.1, 0.15) is 41.3 Å². The molecule has 0 saturated heterocycles. The fraction of sp³-hybridized carbons (Fsp3) is 0.250. The van der Waals surface area contributed by atoms with E-state index in [9.17, 15) is 4.79 Å². The zero-order valence-electron chi connectivity index (χ0n) is 14.8. The van der Waals surface area contributed by atoms with E-state index in [0.717, 1.165) is 15.0 Å². The normalized spacial score (nSPS) is 10.9. The van der Waals surface area contributed by atoms with Crippen LogP contribution in [0, 0.1) is 0 Å². The third-order valence-corrected chi connectivity index (χ3v) is 5.93. The van der Waals surface area contributed by atoms with Crippen LogP contribution >= 0.6 is 23.1 Å². The molecule has 0 aliphatic rings. The van der Waals surface area contributed by atoms with E-state index in [0.29, 0.717) is 18.2 Å². The van der Waals surface area contributed by atoms with Crippen LogP contribution < -0.4 is 5.32 Å². The molecule has 0 saturated carbocycles. The lowest BCUT2D eigenvalue weighted by Gasteiger charge is -2.06. The summed E-state index contributed by atoms with van der Waals surface area (Å²) in [7, 11) is 0. The van der Waals surface area contributed by atoms with Crippen LogP contribution in [0.4, 0.5) is 5.13 Å². The number of benzene rings is 2. The van der Waals surface area contributed by atoms with Gasteiger partial charge in [-0.3, -0.25) is 4.79 Å². The van der Waals surface area contributed by atoms with Crippen LogP contribution in [0.15, 0.2) is 58.9 Å². The number of anilines is 1. The lowest BCUT2D eigenvalue weighted by molar-refractivity contribution is 0.102. The molecule has 0 fully saturated rings. The quantitative estimate of drug-likeness (QED) is 0.425. The van der Waals surface area contributed by atoms with Crippen molar-refractivity contribution in [2.45, 2.75) is 30.6 Å². The van der Waals surface area contributed by atoms with Gasteiger partial charge in [0, 0.05) is 12.1 Å². The van der Waals surface area contributed by atoms with Crippen LogP contribution in [-0.2, 0) is 6.54 Å². The highest BCUT2D eigenvalue weighted by atomic mass is 32.2. The minimum atomic E-state index is 0.110. The Balaban J connectivity index is 1.50. The van der Waals surface area contributed by atoms with Crippen molar-refractivity contribution < 1.29 is 4.79 Å². The molecule has 3 rings (SSSR count). The van der Waals surface area contributed by atoms with E-state index in [1.54, 1.807) is 0 Å². The second kappa shape index (κ2) is 8.96. The van der Waals surface area contributed by atoms with Crippen molar-refractivity contribution in [3.05, 3.63) is 71.3 Å². The van der Waals surface area contributed by atoms with Crippen molar-refractivity contribution in [1.82, 2.24) is 10.2 Å². The number of hydrogen-bond donors (Lipinski definition) is 1. The summed E-state index contributed by atoms with van der Waals surface area (Å²) in [5, 5.41) is 12.3. The van der Waals surface area contributed by atoms with E-state index < -0.39 is 0 Å². The molecule has 0 atom stereocenters. The summed E-state index contributed by atoms with van der Waals surface area (Å²) in [5.74, 6) is 0.949. The third-order valence-electron chi connectivity index (χ3n) is 3.92. The molecular formula is C20H21N3OS2. The van der Waals surface area contributed by atoms with Gasteiger partial charge in [0.05, 0.1) is 5.75 Å². The van der Waals surface area contributed by atoms with Crippen molar-refractivity contribution in [3.63, 3.8) is 0 Å². The van der Waals surface area contributed by atoms with Crippen molar-refractivity contribution in [2.75, 3.05) is 11.1 Å². The number of aromatic nitrogens is 2. The standard InChI is InChI=1S/C20H21N3OS2/c1-14(2)16-8-10-17(11-9-16)18(24)13-25-20-23-22-19(26-20)21-12-15-6-4-3-5-7-15/h3-11,14H,12-13H2,1-2H3,(H,21,22). The Morgan fingerprint density at radius 1 is 1.08 bits per heavy atom. The van der Waals surface area contributed by atoms with Gasteiger partial charge in [-0.05, 0) is 17.0 Å². The second-order valence-corrected chi connectivity index (χ2v) is 8.40. The van der Waals surface area contributed by atoms with Crippen LogP contribution in [0.3, 0.4) is 0 Å². The molecule has 0 radical (unpaired) electrons. The summed E-state index contributed by atoms with van der Waals surface area (Å²) in [4.78, 5) is 12.3. The predicted octanol–water partition coefficient (Wildman–Crippen LogP) is 5.25. The number of ketones is 1.